The molecule has 1 atom stereocenters. The second kappa shape index (κ2) is 6.71. The van der Waals surface area contributed by atoms with E-state index in [0.29, 0.717) is 0 Å². The molecule has 0 amide bonds. The number of rotatable bonds is 5. The number of aromatic nitrogens is 3. The Labute approximate surface area is 135 Å². The first kappa shape index (κ1) is 15.4. The molecule has 5 heteroatoms. The lowest BCUT2D eigenvalue weighted by Gasteiger charge is -2.14. The van der Waals surface area contributed by atoms with Gasteiger partial charge >= 0.3 is 0 Å². The van der Waals surface area contributed by atoms with Gasteiger partial charge in [-0.25, -0.2) is 9.07 Å². The molecule has 1 aromatic carbocycles. The molecule has 0 fully saturated rings. The Bertz CT molecular complexity index is 765. The van der Waals surface area contributed by atoms with Crippen LogP contribution in [0.5, 0.6) is 0 Å². The zero-order valence-electron chi connectivity index (χ0n) is 13.2. The Balaban J connectivity index is 1.74. The van der Waals surface area contributed by atoms with E-state index in [-0.39, 0.29) is 11.9 Å². The molecule has 0 saturated heterocycles. The number of benzene rings is 1. The Morgan fingerprint density at radius 3 is 2.52 bits per heavy atom. The maximum Gasteiger partial charge on any atom is 0.123 e. The Hall–Kier alpha value is -2.53. The average molecular weight is 310 g/mol. The number of hydrogen-bond acceptors (Lipinski definition) is 3. The molecule has 118 valence electrons. The predicted molar refractivity (Wildman–Crippen MR) is 87.8 cm³/mol. The van der Waals surface area contributed by atoms with Crippen molar-refractivity contribution in [3.63, 3.8) is 0 Å². The van der Waals surface area contributed by atoms with Crippen molar-refractivity contribution in [2.24, 2.45) is 0 Å². The third kappa shape index (κ3) is 3.46. The molecule has 0 bridgehead atoms. The van der Waals surface area contributed by atoms with Crippen molar-refractivity contribution in [2.75, 3.05) is 0 Å². The fourth-order valence-electron chi connectivity index (χ4n) is 2.57. The maximum atomic E-state index is 13.1. The summed E-state index contributed by atoms with van der Waals surface area (Å²) in [6.07, 6.45) is 5.45. The van der Waals surface area contributed by atoms with E-state index in [4.69, 9.17) is 0 Å². The molecule has 0 aliphatic heterocycles. The van der Waals surface area contributed by atoms with E-state index in [9.17, 15) is 4.39 Å². The third-order valence-electron chi connectivity index (χ3n) is 3.95. The van der Waals surface area contributed by atoms with Crippen LogP contribution in [-0.4, -0.2) is 14.8 Å². The summed E-state index contributed by atoms with van der Waals surface area (Å²) < 4.78 is 14.9. The van der Waals surface area contributed by atoms with Gasteiger partial charge in [0.2, 0.25) is 0 Å². The first-order chi connectivity index (χ1) is 11.1. The quantitative estimate of drug-likeness (QED) is 0.783. The molecule has 2 heterocycles. The summed E-state index contributed by atoms with van der Waals surface area (Å²) in [4.78, 5) is 4.02. The fourth-order valence-corrected chi connectivity index (χ4v) is 2.57. The van der Waals surface area contributed by atoms with Crippen LogP contribution in [0.3, 0.4) is 0 Å². The van der Waals surface area contributed by atoms with Gasteiger partial charge in [0.25, 0.3) is 0 Å². The summed E-state index contributed by atoms with van der Waals surface area (Å²) in [5.74, 6) is -0.244. The second-order valence-electron chi connectivity index (χ2n) is 5.53. The lowest BCUT2D eigenvalue weighted by Crippen LogP contribution is -2.18. The van der Waals surface area contributed by atoms with Crippen molar-refractivity contribution in [3.05, 3.63) is 77.6 Å². The second-order valence-corrected chi connectivity index (χ2v) is 5.53. The predicted octanol–water partition coefficient (Wildman–Crippen LogP) is 3.57. The molecule has 4 nitrogen and oxygen atoms in total. The monoisotopic (exact) mass is 310 g/mol. The van der Waals surface area contributed by atoms with E-state index < -0.39 is 0 Å². The molecule has 2 aromatic heterocycles. The molecule has 1 N–H and O–H groups in total. The van der Waals surface area contributed by atoms with Crippen molar-refractivity contribution in [3.8, 4) is 5.69 Å². The van der Waals surface area contributed by atoms with Gasteiger partial charge in [-0.2, -0.15) is 5.10 Å². The first-order valence-corrected chi connectivity index (χ1v) is 7.58. The first-order valence-electron chi connectivity index (χ1n) is 7.58. The van der Waals surface area contributed by atoms with Crippen molar-refractivity contribution >= 4 is 0 Å². The normalized spacial score (nSPS) is 12.3. The number of halogens is 1. The van der Waals surface area contributed by atoms with E-state index in [1.54, 1.807) is 24.5 Å². The van der Waals surface area contributed by atoms with E-state index in [1.165, 1.54) is 17.7 Å². The van der Waals surface area contributed by atoms with Gasteiger partial charge in [0.1, 0.15) is 5.82 Å². The van der Waals surface area contributed by atoms with Gasteiger partial charge in [-0.15, -0.1) is 0 Å². The molecule has 3 rings (SSSR count). The van der Waals surface area contributed by atoms with Crippen LogP contribution in [0.4, 0.5) is 4.39 Å². The number of pyridine rings is 1. The Morgan fingerprint density at radius 2 is 1.83 bits per heavy atom. The van der Waals surface area contributed by atoms with Gasteiger partial charge < -0.3 is 5.32 Å². The van der Waals surface area contributed by atoms with Gasteiger partial charge in [-0.1, -0.05) is 0 Å². The molecule has 0 unspecified atom stereocenters. The van der Waals surface area contributed by atoms with Crippen molar-refractivity contribution in [1.29, 1.82) is 0 Å². The smallest absolute Gasteiger partial charge is 0.123 e. The molecular weight excluding hydrogens is 291 g/mol. The van der Waals surface area contributed by atoms with Gasteiger partial charge in [-0.05, 0) is 55.8 Å². The largest absolute Gasteiger partial charge is 0.306 e. The standard InChI is InChI=1S/C18H19FN4/c1-13(21-11-15-7-9-20-10-8-15)18-12-22-23(14(18)2)17-5-3-16(19)4-6-17/h3-10,12-13,21H,11H2,1-2H3/t13-/m1/s1. The molecular formula is C18H19FN4. The fraction of sp³-hybridized carbons (Fsp3) is 0.222. The van der Waals surface area contributed by atoms with Crippen LogP contribution in [0.15, 0.2) is 55.0 Å². The summed E-state index contributed by atoms with van der Waals surface area (Å²) in [6, 6.07) is 10.5. The highest BCUT2D eigenvalue weighted by Crippen LogP contribution is 2.20. The van der Waals surface area contributed by atoms with Gasteiger partial charge in [0.05, 0.1) is 11.9 Å². The van der Waals surface area contributed by atoms with Crippen molar-refractivity contribution in [1.82, 2.24) is 20.1 Å². The molecule has 0 aliphatic rings. The lowest BCUT2D eigenvalue weighted by molar-refractivity contribution is 0.571. The summed E-state index contributed by atoms with van der Waals surface area (Å²) in [5.41, 5.74) is 4.22. The average Bonchev–Trinajstić information content (AvgIpc) is 2.96. The molecule has 0 spiro atoms. The molecule has 0 aliphatic carbocycles. The molecule has 23 heavy (non-hydrogen) atoms. The lowest BCUT2D eigenvalue weighted by atomic mass is 10.1. The number of nitrogens with one attached hydrogen (secondary N) is 1. The maximum absolute atomic E-state index is 13.1. The number of nitrogens with zero attached hydrogens (tertiary/aromatic N) is 3. The van der Waals surface area contributed by atoms with Crippen molar-refractivity contribution < 1.29 is 4.39 Å². The topological polar surface area (TPSA) is 42.7 Å². The minimum Gasteiger partial charge on any atom is -0.306 e. The van der Waals surface area contributed by atoms with Crippen LogP contribution in [0.2, 0.25) is 0 Å². The minimum atomic E-state index is -0.244. The Kier molecular flexibility index (Phi) is 4.48. The molecule has 0 radical (unpaired) electrons. The van der Waals surface area contributed by atoms with Crippen molar-refractivity contribution in [2.45, 2.75) is 26.4 Å². The van der Waals surface area contributed by atoms with E-state index in [2.05, 4.69) is 22.3 Å². The summed E-state index contributed by atoms with van der Waals surface area (Å²) in [7, 11) is 0. The SMILES string of the molecule is Cc1c([C@@H](C)NCc2ccncc2)cnn1-c1ccc(F)cc1. The summed E-state index contributed by atoms with van der Waals surface area (Å²) in [5, 5.41) is 7.92. The number of hydrogen-bond donors (Lipinski definition) is 1. The Morgan fingerprint density at radius 1 is 1.13 bits per heavy atom. The van der Waals surface area contributed by atoms with Crippen LogP contribution in [0.1, 0.15) is 29.8 Å². The highest BCUT2D eigenvalue weighted by Gasteiger charge is 2.14. The summed E-state index contributed by atoms with van der Waals surface area (Å²) in [6.45, 7) is 4.90. The van der Waals surface area contributed by atoms with E-state index >= 15 is 0 Å². The van der Waals surface area contributed by atoms with Crippen LogP contribution < -0.4 is 5.32 Å². The van der Waals surface area contributed by atoms with Crippen LogP contribution in [0.25, 0.3) is 5.69 Å². The zero-order chi connectivity index (χ0) is 16.2. The zero-order valence-corrected chi connectivity index (χ0v) is 13.2. The van der Waals surface area contributed by atoms with Crippen LogP contribution in [-0.2, 0) is 6.54 Å². The summed E-state index contributed by atoms with van der Waals surface area (Å²) >= 11 is 0. The van der Waals surface area contributed by atoms with Crippen LogP contribution >= 0.6 is 0 Å². The third-order valence-corrected chi connectivity index (χ3v) is 3.95. The molecule has 3 aromatic rings. The van der Waals surface area contributed by atoms with Gasteiger partial charge in [0.15, 0.2) is 0 Å². The van der Waals surface area contributed by atoms with Gasteiger partial charge in [-0.3, -0.25) is 4.98 Å². The van der Waals surface area contributed by atoms with Gasteiger partial charge in [0, 0.05) is 36.2 Å². The van der Waals surface area contributed by atoms with E-state index in [1.807, 2.05) is 29.9 Å². The molecule has 0 saturated carbocycles. The van der Waals surface area contributed by atoms with E-state index in [0.717, 1.165) is 23.5 Å². The highest BCUT2D eigenvalue weighted by atomic mass is 19.1. The van der Waals surface area contributed by atoms with Crippen LogP contribution in [0, 0.1) is 12.7 Å². The minimum absolute atomic E-state index is 0.164. The highest BCUT2D eigenvalue weighted by molar-refractivity contribution is 5.35.